The van der Waals surface area contributed by atoms with Crippen LogP contribution in [0.4, 0.5) is 5.69 Å². The van der Waals surface area contributed by atoms with Crippen LogP contribution >= 0.6 is 0 Å². The fourth-order valence-electron chi connectivity index (χ4n) is 3.30. The van der Waals surface area contributed by atoms with Gasteiger partial charge in [0.05, 0.1) is 12.8 Å². The number of carbonyl (C=O) groups excluding carboxylic acids is 1. The molecule has 0 atom stereocenters. The van der Waals surface area contributed by atoms with Gasteiger partial charge >= 0.3 is 0 Å². The molecule has 0 aliphatic carbocycles. The summed E-state index contributed by atoms with van der Waals surface area (Å²) in [5.74, 6) is 0.220. The Morgan fingerprint density at radius 2 is 2.08 bits per heavy atom. The number of hydrogen-bond acceptors (Lipinski definition) is 4. The van der Waals surface area contributed by atoms with Crippen molar-refractivity contribution in [2.45, 2.75) is 25.8 Å². The SMILES string of the molecule is CN1/C(=C\C=C(/C#N)C(=O)NCc2ccco2)C(C)(C)c2ccccc21. The van der Waals surface area contributed by atoms with Crippen molar-refractivity contribution in [2.24, 2.45) is 0 Å². The summed E-state index contributed by atoms with van der Waals surface area (Å²) in [6, 6.07) is 13.7. The van der Waals surface area contributed by atoms with Crippen molar-refractivity contribution in [3.8, 4) is 6.07 Å². The van der Waals surface area contributed by atoms with Crippen LogP contribution in [-0.4, -0.2) is 13.0 Å². The van der Waals surface area contributed by atoms with E-state index in [4.69, 9.17) is 4.42 Å². The molecule has 2 heterocycles. The first-order valence-corrected chi connectivity index (χ1v) is 8.41. The molecule has 26 heavy (non-hydrogen) atoms. The maximum Gasteiger partial charge on any atom is 0.262 e. The number of rotatable bonds is 4. The highest BCUT2D eigenvalue weighted by Gasteiger charge is 2.37. The Bertz CT molecular complexity index is 915. The minimum atomic E-state index is -0.420. The normalized spacial score (nSPS) is 17.1. The Morgan fingerprint density at radius 1 is 1.31 bits per heavy atom. The van der Waals surface area contributed by atoms with Gasteiger partial charge in [-0.1, -0.05) is 32.0 Å². The van der Waals surface area contributed by atoms with Crippen LogP contribution in [0.15, 0.2) is 70.5 Å². The number of nitrogens with one attached hydrogen (secondary N) is 1. The highest BCUT2D eigenvalue weighted by atomic mass is 16.3. The number of para-hydroxylation sites is 1. The standard InChI is InChI=1S/C21H21N3O2/c1-21(2)17-8-4-5-9-18(17)24(3)19(21)11-10-15(13-22)20(25)23-14-16-7-6-12-26-16/h4-12H,14H2,1-3H3,(H,23,25)/b15-10+,19-11-. The molecule has 1 aliphatic heterocycles. The summed E-state index contributed by atoms with van der Waals surface area (Å²) in [6.45, 7) is 4.52. The Labute approximate surface area is 153 Å². The van der Waals surface area contributed by atoms with Crippen LogP contribution in [0.2, 0.25) is 0 Å². The van der Waals surface area contributed by atoms with Crippen molar-refractivity contribution in [2.75, 3.05) is 11.9 Å². The molecule has 1 aliphatic rings. The highest BCUT2D eigenvalue weighted by molar-refractivity contribution is 5.97. The first-order valence-electron chi connectivity index (χ1n) is 8.41. The number of furan rings is 1. The molecule has 1 amide bonds. The predicted molar refractivity (Wildman–Crippen MR) is 100 cm³/mol. The predicted octanol–water partition coefficient (Wildman–Crippen LogP) is 3.66. The summed E-state index contributed by atoms with van der Waals surface area (Å²) in [5, 5.41) is 12.0. The second-order valence-electron chi connectivity index (χ2n) is 6.71. The first kappa shape index (κ1) is 17.6. The average molecular weight is 347 g/mol. The topological polar surface area (TPSA) is 69.3 Å². The Morgan fingerprint density at radius 3 is 2.73 bits per heavy atom. The van der Waals surface area contributed by atoms with Gasteiger partial charge in [-0.05, 0) is 35.9 Å². The molecule has 1 N–H and O–H groups in total. The van der Waals surface area contributed by atoms with E-state index in [2.05, 4.69) is 36.2 Å². The molecule has 0 saturated carbocycles. The van der Waals surface area contributed by atoms with E-state index in [1.54, 1.807) is 24.5 Å². The van der Waals surface area contributed by atoms with Gasteiger partial charge in [0.15, 0.2) is 0 Å². The first-order chi connectivity index (χ1) is 12.4. The molecule has 2 aromatic rings. The third kappa shape index (κ3) is 3.14. The Hall–Kier alpha value is -3.26. The lowest BCUT2D eigenvalue weighted by Gasteiger charge is -2.23. The van der Waals surface area contributed by atoms with Crippen LogP contribution in [0.5, 0.6) is 0 Å². The lowest BCUT2D eigenvalue weighted by molar-refractivity contribution is -0.117. The van der Waals surface area contributed by atoms with Gasteiger partial charge < -0.3 is 14.6 Å². The summed E-state index contributed by atoms with van der Waals surface area (Å²) in [5.41, 5.74) is 3.25. The second-order valence-corrected chi connectivity index (χ2v) is 6.71. The number of nitrogens with zero attached hydrogens (tertiary/aromatic N) is 2. The third-order valence-corrected chi connectivity index (χ3v) is 4.72. The van der Waals surface area contributed by atoms with Crippen molar-refractivity contribution >= 4 is 11.6 Å². The molecule has 5 nitrogen and oxygen atoms in total. The van der Waals surface area contributed by atoms with Crippen molar-refractivity contribution in [1.82, 2.24) is 5.32 Å². The van der Waals surface area contributed by atoms with Crippen LogP contribution in [0, 0.1) is 11.3 Å². The average Bonchev–Trinajstić information content (AvgIpc) is 3.22. The number of nitriles is 1. The van der Waals surface area contributed by atoms with Crippen LogP contribution in [0.1, 0.15) is 25.2 Å². The lowest BCUT2D eigenvalue weighted by atomic mass is 9.83. The summed E-state index contributed by atoms with van der Waals surface area (Å²) in [4.78, 5) is 14.3. The Balaban J connectivity index is 1.82. The molecule has 0 bridgehead atoms. The van der Waals surface area contributed by atoms with Gasteiger partial charge in [-0.25, -0.2) is 0 Å². The molecule has 132 valence electrons. The van der Waals surface area contributed by atoms with E-state index in [1.807, 2.05) is 31.3 Å². The van der Waals surface area contributed by atoms with E-state index < -0.39 is 5.91 Å². The zero-order valence-electron chi connectivity index (χ0n) is 15.1. The Kier molecular flexibility index (Phi) is 4.68. The number of carbonyl (C=O) groups is 1. The molecular weight excluding hydrogens is 326 g/mol. The minimum absolute atomic E-state index is 0.0595. The fourth-order valence-corrected chi connectivity index (χ4v) is 3.30. The van der Waals surface area contributed by atoms with Gasteiger partial charge in [-0.15, -0.1) is 0 Å². The van der Waals surface area contributed by atoms with Gasteiger partial charge in [-0.3, -0.25) is 4.79 Å². The summed E-state index contributed by atoms with van der Waals surface area (Å²) in [6.07, 6.45) is 4.98. The monoisotopic (exact) mass is 347 g/mol. The van der Waals surface area contributed by atoms with Crippen LogP contribution in [-0.2, 0) is 16.8 Å². The quantitative estimate of drug-likeness (QED) is 0.677. The van der Waals surface area contributed by atoms with Gasteiger partial charge in [-0.2, -0.15) is 5.26 Å². The maximum atomic E-state index is 12.2. The number of fused-ring (bicyclic) bond motifs is 1. The second kappa shape index (κ2) is 6.93. The van der Waals surface area contributed by atoms with Crippen molar-refractivity contribution < 1.29 is 9.21 Å². The fraction of sp³-hybridized carbons (Fsp3) is 0.238. The molecule has 0 radical (unpaired) electrons. The van der Waals surface area contributed by atoms with Crippen LogP contribution in [0.25, 0.3) is 0 Å². The van der Waals surface area contributed by atoms with Gasteiger partial charge in [0.25, 0.3) is 5.91 Å². The maximum absolute atomic E-state index is 12.2. The van der Waals surface area contributed by atoms with Crippen molar-refractivity contribution in [1.29, 1.82) is 5.26 Å². The number of benzene rings is 1. The van der Waals surface area contributed by atoms with Crippen molar-refractivity contribution in [3.63, 3.8) is 0 Å². The zero-order valence-corrected chi connectivity index (χ0v) is 15.1. The molecule has 0 fully saturated rings. The summed E-state index contributed by atoms with van der Waals surface area (Å²) in [7, 11) is 2.00. The van der Waals surface area contributed by atoms with E-state index in [-0.39, 0.29) is 17.5 Å². The molecule has 5 heteroatoms. The molecule has 1 aromatic heterocycles. The number of anilines is 1. The number of allylic oxidation sites excluding steroid dienone is 3. The van der Waals surface area contributed by atoms with Crippen LogP contribution in [0.3, 0.4) is 0 Å². The summed E-state index contributed by atoms with van der Waals surface area (Å²) >= 11 is 0. The summed E-state index contributed by atoms with van der Waals surface area (Å²) < 4.78 is 5.18. The van der Waals surface area contributed by atoms with Gasteiger partial charge in [0, 0.05) is 23.8 Å². The molecule has 0 unspecified atom stereocenters. The highest BCUT2D eigenvalue weighted by Crippen LogP contribution is 2.46. The minimum Gasteiger partial charge on any atom is -0.467 e. The van der Waals surface area contributed by atoms with E-state index in [9.17, 15) is 10.1 Å². The largest absolute Gasteiger partial charge is 0.467 e. The van der Waals surface area contributed by atoms with Gasteiger partial charge in [0.2, 0.25) is 0 Å². The molecule has 0 saturated heterocycles. The smallest absolute Gasteiger partial charge is 0.262 e. The zero-order chi connectivity index (χ0) is 18.7. The number of hydrogen-bond donors (Lipinski definition) is 1. The van der Waals surface area contributed by atoms with E-state index in [0.717, 1.165) is 11.4 Å². The van der Waals surface area contributed by atoms with Crippen molar-refractivity contribution in [3.05, 3.63) is 77.4 Å². The van der Waals surface area contributed by atoms with E-state index >= 15 is 0 Å². The van der Waals surface area contributed by atoms with Crippen LogP contribution < -0.4 is 10.2 Å². The molecule has 3 rings (SSSR count). The third-order valence-electron chi connectivity index (χ3n) is 4.72. The van der Waals surface area contributed by atoms with E-state index in [1.165, 1.54) is 5.56 Å². The number of likely N-dealkylation sites (N-methyl/N-ethyl adjacent to an activating group) is 1. The lowest BCUT2D eigenvalue weighted by Crippen LogP contribution is -2.24. The van der Waals surface area contributed by atoms with Gasteiger partial charge in [0.1, 0.15) is 17.4 Å². The molecular formula is C21H21N3O2. The number of amides is 1. The van der Waals surface area contributed by atoms with E-state index in [0.29, 0.717) is 5.76 Å². The molecule has 0 spiro atoms. The molecule has 1 aromatic carbocycles.